The first-order chi connectivity index (χ1) is 22.7. The third-order valence-corrected chi connectivity index (χ3v) is 19.5. The van der Waals surface area contributed by atoms with E-state index in [-0.39, 0.29) is 14.9 Å². The summed E-state index contributed by atoms with van der Waals surface area (Å²) in [4.78, 5) is 0. The van der Waals surface area contributed by atoms with E-state index in [1.165, 1.54) is 0 Å². The fourth-order valence-electron chi connectivity index (χ4n) is 10.8. The highest BCUT2D eigenvalue weighted by Gasteiger charge is 2.39. The normalized spacial score (nSPS) is 25.4. The van der Waals surface area contributed by atoms with Gasteiger partial charge in [0.15, 0.2) is 0 Å². The zero-order chi connectivity index (χ0) is 39.9. The molecule has 0 aromatic rings. The second-order valence-electron chi connectivity index (χ2n) is 21.4. The minimum atomic E-state index is 0. The molecule has 0 aliphatic rings. The van der Waals surface area contributed by atoms with Crippen LogP contribution in [0.1, 0.15) is 195 Å². The summed E-state index contributed by atoms with van der Waals surface area (Å²) in [5, 5.41) is 0. The smallest absolute Gasteiger partial charge is 0.0386 e. The molecule has 52 heavy (non-hydrogen) atoms. The van der Waals surface area contributed by atoms with Crippen molar-refractivity contribution in [3.63, 3.8) is 0 Å². The van der Waals surface area contributed by atoms with Gasteiger partial charge in [-0.3, -0.25) is 0 Å². The standard InChI is InChI=1S/C50H102.2CH4/c1-27(2)29(5)31(7)33(9)35(11)37(13)39(15)41(17)43(19)45(21)47(23)49(25)50(26)48(24)46(22)44(20)42(18)40(16)38(14)36(12)34(10)32(8)30(6)28(3)4;;/h27-50H,1-26H3;2*1H4. The topological polar surface area (TPSA) is 0 Å². The van der Waals surface area contributed by atoms with Crippen LogP contribution in [-0.4, -0.2) is 0 Å². The summed E-state index contributed by atoms with van der Waals surface area (Å²) in [5.41, 5.74) is 0. The molecule has 22 unspecified atom stereocenters. The fourth-order valence-corrected chi connectivity index (χ4v) is 10.8. The molecule has 0 aromatic heterocycles. The molecule has 0 bridgehead atoms. The second-order valence-corrected chi connectivity index (χ2v) is 21.4. The van der Waals surface area contributed by atoms with E-state index < -0.39 is 0 Å². The minimum Gasteiger partial charge on any atom is -0.0776 e. The largest absolute Gasteiger partial charge is 0.0776 e. The molecule has 22 atom stereocenters. The first kappa shape index (κ1) is 56.3. The molecule has 0 saturated carbocycles. The van der Waals surface area contributed by atoms with Gasteiger partial charge in [-0.1, -0.05) is 195 Å². The quantitative estimate of drug-likeness (QED) is 0.0980. The van der Waals surface area contributed by atoms with Gasteiger partial charge in [-0.05, 0) is 142 Å². The molecule has 0 N–H and O–H groups in total. The lowest BCUT2D eigenvalue weighted by atomic mass is 9.61. The van der Waals surface area contributed by atoms with E-state index in [4.69, 9.17) is 0 Å². The van der Waals surface area contributed by atoms with Crippen LogP contribution < -0.4 is 0 Å². The summed E-state index contributed by atoms with van der Waals surface area (Å²) >= 11 is 0. The maximum absolute atomic E-state index is 2.60. The van der Waals surface area contributed by atoms with Crippen LogP contribution in [0.25, 0.3) is 0 Å². The van der Waals surface area contributed by atoms with Crippen molar-refractivity contribution >= 4 is 0 Å². The third kappa shape index (κ3) is 14.2. The molecule has 0 nitrogen and oxygen atoms in total. The molecule has 0 heterocycles. The molecule has 0 heteroatoms. The van der Waals surface area contributed by atoms with Gasteiger partial charge in [-0.25, -0.2) is 0 Å². The van der Waals surface area contributed by atoms with Crippen LogP contribution in [0.15, 0.2) is 0 Å². The van der Waals surface area contributed by atoms with Crippen LogP contribution in [0.2, 0.25) is 0 Å². The molecular formula is C52H110. The SMILES string of the molecule is C.C.CC(C)C(C)C(C)C(C)C(C)C(C)C(C)C(C)C(C)C(C)C(C)C(C)C(C)C(C)C(C)C(C)C(C)C(C)C(C)C(C)C(C)C(C)C(C)C(C)C. The summed E-state index contributed by atoms with van der Waals surface area (Å²) in [6.07, 6.45) is 0. The highest BCUT2D eigenvalue weighted by Crippen LogP contribution is 2.46. The molecule has 0 spiro atoms. The van der Waals surface area contributed by atoms with E-state index in [0.717, 1.165) is 142 Å². The van der Waals surface area contributed by atoms with Crippen molar-refractivity contribution in [3.05, 3.63) is 0 Å². The molecule has 0 radical (unpaired) electrons. The van der Waals surface area contributed by atoms with E-state index in [1.807, 2.05) is 0 Å². The van der Waals surface area contributed by atoms with Crippen molar-refractivity contribution < 1.29 is 0 Å². The van der Waals surface area contributed by atoms with Gasteiger partial charge in [0.1, 0.15) is 0 Å². The van der Waals surface area contributed by atoms with Crippen LogP contribution in [0.3, 0.4) is 0 Å². The van der Waals surface area contributed by atoms with Gasteiger partial charge in [0.2, 0.25) is 0 Å². The summed E-state index contributed by atoms with van der Waals surface area (Å²) in [6.45, 7) is 66.1. The van der Waals surface area contributed by atoms with Crippen LogP contribution >= 0.6 is 0 Å². The van der Waals surface area contributed by atoms with Crippen molar-refractivity contribution in [2.75, 3.05) is 0 Å². The van der Waals surface area contributed by atoms with Crippen LogP contribution in [0, 0.1) is 142 Å². The first-order valence-corrected chi connectivity index (χ1v) is 22.7. The van der Waals surface area contributed by atoms with Gasteiger partial charge in [0, 0.05) is 0 Å². The Morgan fingerprint density at radius 2 is 0.173 bits per heavy atom. The molecule has 0 amide bonds. The van der Waals surface area contributed by atoms with Gasteiger partial charge >= 0.3 is 0 Å². The van der Waals surface area contributed by atoms with Crippen molar-refractivity contribution in [2.24, 2.45) is 142 Å². The second kappa shape index (κ2) is 24.6. The lowest BCUT2D eigenvalue weighted by Gasteiger charge is -2.44. The van der Waals surface area contributed by atoms with Gasteiger partial charge in [-0.2, -0.15) is 0 Å². The Labute approximate surface area is 335 Å². The Morgan fingerprint density at radius 1 is 0.115 bits per heavy atom. The van der Waals surface area contributed by atoms with Crippen molar-refractivity contribution in [1.82, 2.24) is 0 Å². The van der Waals surface area contributed by atoms with E-state index in [1.54, 1.807) is 0 Å². The maximum atomic E-state index is 2.60. The Balaban J connectivity index is -0.0000120. The van der Waals surface area contributed by atoms with E-state index in [2.05, 4.69) is 180 Å². The Bertz CT molecular complexity index is 812. The van der Waals surface area contributed by atoms with Gasteiger partial charge < -0.3 is 0 Å². The predicted octanol–water partition coefficient (Wildman–Crippen LogP) is 17.6. The zero-order valence-corrected chi connectivity index (χ0v) is 39.9. The van der Waals surface area contributed by atoms with E-state index in [0.29, 0.717) is 0 Å². The Morgan fingerprint density at radius 3 is 0.231 bits per heavy atom. The monoisotopic (exact) mass is 735 g/mol. The first-order valence-electron chi connectivity index (χ1n) is 22.7. The molecule has 0 aliphatic carbocycles. The molecule has 0 aromatic carbocycles. The molecule has 0 saturated heterocycles. The van der Waals surface area contributed by atoms with Crippen LogP contribution in [0.5, 0.6) is 0 Å². The summed E-state index contributed by atoms with van der Waals surface area (Å²) in [6, 6.07) is 0. The molecule has 0 rings (SSSR count). The van der Waals surface area contributed by atoms with Gasteiger partial charge in [0.25, 0.3) is 0 Å². The number of hydrogen-bond acceptors (Lipinski definition) is 0. The molecule has 318 valence electrons. The number of rotatable bonds is 23. The van der Waals surface area contributed by atoms with E-state index >= 15 is 0 Å². The van der Waals surface area contributed by atoms with Crippen molar-refractivity contribution in [2.45, 2.75) is 195 Å². The van der Waals surface area contributed by atoms with Crippen molar-refractivity contribution in [1.29, 1.82) is 0 Å². The summed E-state index contributed by atoms with van der Waals surface area (Å²) in [7, 11) is 0. The Kier molecular flexibility index (Phi) is 26.6. The fraction of sp³-hybridized carbons (Fsp3) is 1.00. The zero-order valence-electron chi connectivity index (χ0n) is 39.9. The van der Waals surface area contributed by atoms with Crippen LogP contribution in [-0.2, 0) is 0 Å². The maximum Gasteiger partial charge on any atom is -0.0386 e. The highest BCUT2D eigenvalue weighted by atomic mass is 14.4. The Hall–Kier alpha value is 0. The van der Waals surface area contributed by atoms with Gasteiger partial charge in [-0.15, -0.1) is 0 Å². The number of hydrogen-bond donors (Lipinski definition) is 0. The lowest BCUT2D eigenvalue weighted by Crippen LogP contribution is -2.38. The summed E-state index contributed by atoms with van der Waals surface area (Å²) in [5.74, 6) is 17.9. The highest BCUT2D eigenvalue weighted by molar-refractivity contribution is 4.88. The average Bonchev–Trinajstić information content (AvgIpc) is 3.10. The average molecular weight is 735 g/mol. The predicted molar refractivity (Wildman–Crippen MR) is 245 cm³/mol. The summed E-state index contributed by atoms with van der Waals surface area (Å²) < 4.78 is 0. The minimum absolute atomic E-state index is 0. The van der Waals surface area contributed by atoms with Crippen molar-refractivity contribution in [3.8, 4) is 0 Å². The van der Waals surface area contributed by atoms with Crippen LogP contribution in [0.4, 0.5) is 0 Å². The van der Waals surface area contributed by atoms with E-state index in [9.17, 15) is 0 Å². The van der Waals surface area contributed by atoms with Gasteiger partial charge in [0.05, 0.1) is 0 Å². The third-order valence-electron chi connectivity index (χ3n) is 19.5. The molecule has 0 aliphatic heterocycles. The lowest BCUT2D eigenvalue weighted by molar-refractivity contribution is 0.0424. The molecule has 0 fully saturated rings. The molecular weight excluding hydrogens is 625 g/mol.